The van der Waals surface area contributed by atoms with Crippen molar-refractivity contribution in [2.24, 2.45) is 0 Å². The molecule has 0 aliphatic carbocycles. The van der Waals surface area contributed by atoms with Gasteiger partial charge in [0.25, 0.3) is 5.91 Å². The van der Waals surface area contributed by atoms with Crippen LogP contribution in [0.3, 0.4) is 0 Å². The van der Waals surface area contributed by atoms with E-state index in [1.165, 1.54) is 11.3 Å². The quantitative estimate of drug-likeness (QED) is 0.813. The number of nitrogens with one attached hydrogen (secondary N) is 1. The molecule has 2 aromatic heterocycles. The molecule has 0 radical (unpaired) electrons. The van der Waals surface area contributed by atoms with E-state index in [2.05, 4.69) is 45.1 Å². The SMILES string of the molecule is CCN(CC)CCn1cc(NC(=O)c2ccc(Br)s2)cn1. The fourth-order valence-corrected chi connectivity index (χ4v) is 3.24. The zero-order chi connectivity index (χ0) is 15.2. The van der Waals surface area contributed by atoms with Crippen LogP contribution in [0.15, 0.2) is 28.3 Å². The third-order valence-corrected chi connectivity index (χ3v) is 4.85. The first kappa shape index (κ1) is 16.2. The summed E-state index contributed by atoms with van der Waals surface area (Å²) in [7, 11) is 0. The number of nitrogens with zero attached hydrogens (tertiary/aromatic N) is 3. The summed E-state index contributed by atoms with van der Waals surface area (Å²) < 4.78 is 2.81. The highest BCUT2D eigenvalue weighted by molar-refractivity contribution is 9.11. The number of hydrogen-bond acceptors (Lipinski definition) is 4. The molecule has 114 valence electrons. The van der Waals surface area contributed by atoms with Crippen LogP contribution in [0.1, 0.15) is 23.5 Å². The van der Waals surface area contributed by atoms with Gasteiger partial charge in [0.1, 0.15) is 0 Å². The van der Waals surface area contributed by atoms with Crippen LogP contribution in [0.4, 0.5) is 5.69 Å². The number of likely N-dealkylation sites (N-methyl/N-ethyl adjacent to an activating group) is 1. The molecular weight excluding hydrogens is 352 g/mol. The molecule has 0 saturated carbocycles. The Morgan fingerprint density at radius 2 is 2.19 bits per heavy atom. The van der Waals surface area contributed by atoms with Crippen LogP contribution < -0.4 is 5.32 Å². The maximum absolute atomic E-state index is 12.0. The second-order valence-electron chi connectivity index (χ2n) is 4.58. The van der Waals surface area contributed by atoms with Gasteiger partial charge >= 0.3 is 0 Å². The summed E-state index contributed by atoms with van der Waals surface area (Å²) in [5.41, 5.74) is 0.726. The van der Waals surface area contributed by atoms with Crippen LogP contribution in [-0.4, -0.2) is 40.2 Å². The van der Waals surface area contributed by atoms with Gasteiger partial charge in [-0.3, -0.25) is 9.48 Å². The van der Waals surface area contributed by atoms with Gasteiger partial charge in [0.15, 0.2) is 0 Å². The van der Waals surface area contributed by atoms with Crippen molar-refractivity contribution in [3.05, 3.63) is 33.2 Å². The van der Waals surface area contributed by atoms with Crippen molar-refractivity contribution in [2.75, 3.05) is 25.0 Å². The maximum Gasteiger partial charge on any atom is 0.265 e. The Balaban J connectivity index is 1.89. The Morgan fingerprint density at radius 1 is 1.43 bits per heavy atom. The van der Waals surface area contributed by atoms with Crippen molar-refractivity contribution >= 4 is 38.9 Å². The highest BCUT2D eigenvalue weighted by Crippen LogP contribution is 2.22. The lowest BCUT2D eigenvalue weighted by atomic mass is 10.4. The normalized spacial score (nSPS) is 11.0. The lowest BCUT2D eigenvalue weighted by Crippen LogP contribution is -2.27. The molecule has 7 heteroatoms. The number of aromatic nitrogens is 2. The van der Waals surface area contributed by atoms with Gasteiger partial charge in [0, 0.05) is 12.7 Å². The number of amides is 1. The Morgan fingerprint density at radius 3 is 2.81 bits per heavy atom. The summed E-state index contributed by atoms with van der Waals surface area (Å²) in [6.45, 7) is 8.15. The Kier molecular flexibility index (Phi) is 5.96. The van der Waals surface area contributed by atoms with E-state index in [0.717, 1.165) is 35.7 Å². The molecule has 0 fully saturated rings. The molecule has 0 bridgehead atoms. The lowest BCUT2D eigenvalue weighted by molar-refractivity contribution is 0.103. The van der Waals surface area contributed by atoms with Crippen LogP contribution in [-0.2, 0) is 6.54 Å². The first-order chi connectivity index (χ1) is 10.1. The predicted molar refractivity (Wildman–Crippen MR) is 90.0 cm³/mol. The Hall–Kier alpha value is -1.18. The predicted octanol–water partition coefficient (Wildman–Crippen LogP) is 3.30. The zero-order valence-electron chi connectivity index (χ0n) is 12.2. The molecule has 5 nitrogen and oxygen atoms in total. The molecule has 0 spiro atoms. The van der Waals surface area contributed by atoms with E-state index in [9.17, 15) is 4.79 Å². The van der Waals surface area contributed by atoms with Gasteiger partial charge in [-0.1, -0.05) is 13.8 Å². The molecule has 1 amide bonds. The van der Waals surface area contributed by atoms with Crippen LogP contribution in [0.5, 0.6) is 0 Å². The molecule has 0 saturated heterocycles. The van der Waals surface area contributed by atoms with E-state index < -0.39 is 0 Å². The first-order valence-electron chi connectivity index (χ1n) is 6.93. The van der Waals surface area contributed by atoms with Gasteiger partial charge in [-0.05, 0) is 41.2 Å². The molecule has 0 aliphatic rings. The number of halogens is 1. The van der Waals surface area contributed by atoms with Crippen LogP contribution >= 0.6 is 27.3 Å². The monoisotopic (exact) mass is 370 g/mol. The summed E-state index contributed by atoms with van der Waals surface area (Å²) in [6.07, 6.45) is 3.55. The van der Waals surface area contributed by atoms with Crippen molar-refractivity contribution in [3.8, 4) is 0 Å². The van der Waals surface area contributed by atoms with Gasteiger partial charge in [0.2, 0.25) is 0 Å². The van der Waals surface area contributed by atoms with Crippen LogP contribution in [0, 0.1) is 0 Å². The minimum Gasteiger partial charge on any atom is -0.319 e. The third kappa shape index (κ3) is 4.66. The van der Waals surface area contributed by atoms with Gasteiger partial charge in [-0.2, -0.15) is 5.10 Å². The average molecular weight is 371 g/mol. The maximum atomic E-state index is 12.0. The number of rotatable bonds is 7. The summed E-state index contributed by atoms with van der Waals surface area (Å²) in [5, 5.41) is 7.14. The van der Waals surface area contributed by atoms with Crippen molar-refractivity contribution in [1.29, 1.82) is 0 Å². The third-order valence-electron chi connectivity index (χ3n) is 3.23. The Bertz CT molecular complexity index is 591. The smallest absolute Gasteiger partial charge is 0.265 e. The topological polar surface area (TPSA) is 50.2 Å². The molecule has 2 heterocycles. The summed E-state index contributed by atoms with van der Waals surface area (Å²) in [6, 6.07) is 3.67. The highest BCUT2D eigenvalue weighted by atomic mass is 79.9. The van der Waals surface area contributed by atoms with E-state index in [-0.39, 0.29) is 5.91 Å². The molecule has 0 aliphatic heterocycles. The molecule has 0 atom stereocenters. The fourth-order valence-electron chi connectivity index (χ4n) is 1.96. The second-order valence-corrected chi connectivity index (χ2v) is 7.04. The first-order valence-corrected chi connectivity index (χ1v) is 8.54. The van der Waals surface area contributed by atoms with Crippen molar-refractivity contribution in [3.63, 3.8) is 0 Å². The summed E-state index contributed by atoms with van der Waals surface area (Å²) >= 11 is 4.77. The summed E-state index contributed by atoms with van der Waals surface area (Å²) in [5.74, 6) is -0.103. The average Bonchev–Trinajstić information content (AvgIpc) is 3.09. The van der Waals surface area contributed by atoms with E-state index in [1.54, 1.807) is 12.3 Å². The number of hydrogen-bond donors (Lipinski definition) is 1. The molecule has 0 unspecified atom stereocenters. The van der Waals surface area contributed by atoms with Crippen LogP contribution in [0.2, 0.25) is 0 Å². The molecule has 2 rings (SSSR count). The largest absolute Gasteiger partial charge is 0.319 e. The Labute approximate surface area is 137 Å². The van der Waals surface area contributed by atoms with Crippen molar-refractivity contribution < 1.29 is 4.79 Å². The van der Waals surface area contributed by atoms with Gasteiger partial charge < -0.3 is 10.2 Å². The highest BCUT2D eigenvalue weighted by Gasteiger charge is 2.10. The molecule has 2 aromatic rings. The number of anilines is 1. The van der Waals surface area contributed by atoms with E-state index in [4.69, 9.17) is 0 Å². The molecule has 21 heavy (non-hydrogen) atoms. The van der Waals surface area contributed by atoms with E-state index in [0.29, 0.717) is 4.88 Å². The molecule has 0 aromatic carbocycles. The fraction of sp³-hybridized carbons (Fsp3) is 0.429. The van der Waals surface area contributed by atoms with Gasteiger partial charge in [-0.15, -0.1) is 11.3 Å². The van der Waals surface area contributed by atoms with Crippen molar-refractivity contribution in [2.45, 2.75) is 20.4 Å². The minimum absolute atomic E-state index is 0.103. The minimum atomic E-state index is -0.103. The van der Waals surface area contributed by atoms with Gasteiger partial charge in [0.05, 0.1) is 27.1 Å². The lowest BCUT2D eigenvalue weighted by Gasteiger charge is -2.17. The summed E-state index contributed by atoms with van der Waals surface area (Å²) in [4.78, 5) is 15.0. The van der Waals surface area contributed by atoms with E-state index >= 15 is 0 Å². The number of carbonyl (C=O) groups is 1. The zero-order valence-corrected chi connectivity index (χ0v) is 14.6. The molecular formula is C14H19BrN4OS. The second kappa shape index (κ2) is 7.72. The van der Waals surface area contributed by atoms with Crippen LogP contribution in [0.25, 0.3) is 0 Å². The van der Waals surface area contributed by atoms with Crippen molar-refractivity contribution in [1.82, 2.24) is 14.7 Å². The van der Waals surface area contributed by atoms with E-state index in [1.807, 2.05) is 16.9 Å². The number of thiophene rings is 1. The standard InChI is InChI=1S/C14H19BrN4OS/c1-3-18(4-2)7-8-19-10-11(9-16-19)17-14(20)12-5-6-13(15)21-12/h5-6,9-10H,3-4,7-8H2,1-2H3,(H,17,20). The van der Waals surface area contributed by atoms with Gasteiger partial charge in [-0.25, -0.2) is 0 Å². The number of carbonyl (C=O) groups excluding carboxylic acids is 1. The molecule has 1 N–H and O–H groups in total.